The molecule has 2 N–H and O–H groups in total. The SMILES string of the molecule is CSc1cc(C(F)(F)F)ccc1NC1=NCCN1C(=S)Nc1cccc(Br)c1. The molecule has 0 unspecified atom stereocenters. The lowest BCUT2D eigenvalue weighted by molar-refractivity contribution is -0.137. The molecule has 1 heterocycles. The van der Waals surface area contributed by atoms with Gasteiger partial charge in [0.25, 0.3) is 0 Å². The number of thioether (sulfide) groups is 1. The first-order chi connectivity index (χ1) is 13.3. The van der Waals surface area contributed by atoms with Crippen molar-refractivity contribution < 1.29 is 13.2 Å². The summed E-state index contributed by atoms with van der Waals surface area (Å²) in [6.07, 6.45) is -2.65. The van der Waals surface area contributed by atoms with Gasteiger partial charge in [-0.3, -0.25) is 9.89 Å². The molecule has 10 heteroatoms. The van der Waals surface area contributed by atoms with Gasteiger partial charge in [0.15, 0.2) is 5.11 Å². The number of halogens is 4. The van der Waals surface area contributed by atoms with Crippen LogP contribution in [0.2, 0.25) is 0 Å². The Morgan fingerprint density at radius 2 is 2.04 bits per heavy atom. The Bertz CT molecular complexity index is 918. The molecule has 0 amide bonds. The van der Waals surface area contributed by atoms with Gasteiger partial charge in [-0.2, -0.15) is 13.2 Å². The highest BCUT2D eigenvalue weighted by Crippen LogP contribution is 2.35. The van der Waals surface area contributed by atoms with Crippen LogP contribution < -0.4 is 10.6 Å². The molecule has 148 valence electrons. The number of hydrogen-bond acceptors (Lipinski definition) is 4. The Labute approximate surface area is 178 Å². The first-order valence-electron chi connectivity index (χ1n) is 8.19. The van der Waals surface area contributed by atoms with Gasteiger partial charge >= 0.3 is 6.18 Å². The molecule has 0 bridgehead atoms. The van der Waals surface area contributed by atoms with Gasteiger partial charge in [-0.1, -0.05) is 22.0 Å². The minimum atomic E-state index is -4.38. The van der Waals surface area contributed by atoms with Crippen LogP contribution in [-0.2, 0) is 6.18 Å². The zero-order valence-corrected chi connectivity index (χ0v) is 17.9. The topological polar surface area (TPSA) is 39.7 Å². The van der Waals surface area contributed by atoms with E-state index in [1.54, 1.807) is 11.2 Å². The summed E-state index contributed by atoms with van der Waals surface area (Å²) in [7, 11) is 0. The first-order valence-corrected chi connectivity index (χ1v) is 10.6. The lowest BCUT2D eigenvalue weighted by atomic mass is 10.2. The lowest BCUT2D eigenvalue weighted by Gasteiger charge is -2.23. The third kappa shape index (κ3) is 4.98. The van der Waals surface area contributed by atoms with E-state index in [9.17, 15) is 13.2 Å². The predicted octanol–water partition coefficient (Wildman–Crippen LogP) is 5.67. The molecule has 2 aromatic carbocycles. The van der Waals surface area contributed by atoms with E-state index in [2.05, 4.69) is 31.6 Å². The Morgan fingerprint density at radius 1 is 1.25 bits per heavy atom. The van der Waals surface area contributed by atoms with Crippen molar-refractivity contribution in [1.82, 2.24) is 4.90 Å². The van der Waals surface area contributed by atoms with Crippen LogP contribution in [0.5, 0.6) is 0 Å². The summed E-state index contributed by atoms with van der Waals surface area (Å²) in [5, 5.41) is 6.73. The van der Waals surface area contributed by atoms with E-state index in [-0.39, 0.29) is 0 Å². The van der Waals surface area contributed by atoms with Crippen LogP contribution in [0.3, 0.4) is 0 Å². The number of nitrogens with zero attached hydrogens (tertiary/aromatic N) is 2. The van der Waals surface area contributed by atoms with Crippen LogP contribution in [0.25, 0.3) is 0 Å². The molecule has 0 radical (unpaired) electrons. The van der Waals surface area contributed by atoms with Gasteiger partial charge in [0.05, 0.1) is 17.8 Å². The molecule has 0 saturated heterocycles. The van der Waals surface area contributed by atoms with Crippen molar-refractivity contribution in [2.75, 3.05) is 30.0 Å². The van der Waals surface area contributed by atoms with Gasteiger partial charge < -0.3 is 10.6 Å². The minimum Gasteiger partial charge on any atom is -0.332 e. The van der Waals surface area contributed by atoms with E-state index in [1.165, 1.54) is 17.8 Å². The number of benzene rings is 2. The first kappa shape index (κ1) is 20.9. The van der Waals surface area contributed by atoms with Gasteiger partial charge in [0, 0.05) is 21.6 Å². The van der Waals surface area contributed by atoms with E-state index in [1.807, 2.05) is 24.3 Å². The highest BCUT2D eigenvalue weighted by atomic mass is 79.9. The van der Waals surface area contributed by atoms with Crippen LogP contribution in [-0.4, -0.2) is 35.3 Å². The van der Waals surface area contributed by atoms with Crippen LogP contribution in [0.1, 0.15) is 5.56 Å². The molecule has 0 fully saturated rings. The summed E-state index contributed by atoms with van der Waals surface area (Å²) < 4.78 is 39.8. The number of hydrogen-bond donors (Lipinski definition) is 2. The van der Waals surface area contributed by atoms with Gasteiger partial charge in [0.1, 0.15) is 0 Å². The van der Waals surface area contributed by atoms with E-state index in [0.29, 0.717) is 34.7 Å². The monoisotopic (exact) mass is 488 g/mol. The molecule has 0 atom stereocenters. The van der Waals surface area contributed by atoms with Gasteiger partial charge in [0.2, 0.25) is 5.96 Å². The normalized spacial score (nSPS) is 14.0. The Morgan fingerprint density at radius 3 is 2.71 bits per heavy atom. The van der Waals surface area contributed by atoms with Gasteiger partial charge in [-0.15, -0.1) is 11.8 Å². The van der Waals surface area contributed by atoms with Crippen molar-refractivity contribution in [3.63, 3.8) is 0 Å². The van der Waals surface area contributed by atoms with Crippen molar-refractivity contribution in [2.45, 2.75) is 11.1 Å². The maximum Gasteiger partial charge on any atom is 0.416 e. The quantitative estimate of drug-likeness (QED) is 0.430. The summed E-state index contributed by atoms with van der Waals surface area (Å²) >= 11 is 10.1. The zero-order valence-electron chi connectivity index (χ0n) is 14.7. The number of guanidine groups is 1. The molecule has 2 aromatic rings. The molecule has 1 aliphatic rings. The third-order valence-electron chi connectivity index (χ3n) is 3.94. The summed E-state index contributed by atoms with van der Waals surface area (Å²) in [5.74, 6) is 0.502. The summed E-state index contributed by atoms with van der Waals surface area (Å²) in [6.45, 7) is 1.12. The number of nitrogens with one attached hydrogen (secondary N) is 2. The van der Waals surface area contributed by atoms with Crippen molar-refractivity contribution in [2.24, 2.45) is 4.99 Å². The fraction of sp³-hybridized carbons (Fsp3) is 0.222. The predicted molar refractivity (Wildman–Crippen MR) is 116 cm³/mol. The Hall–Kier alpha value is -1.78. The highest BCUT2D eigenvalue weighted by molar-refractivity contribution is 9.10. The smallest absolute Gasteiger partial charge is 0.332 e. The van der Waals surface area contributed by atoms with E-state index in [0.717, 1.165) is 22.3 Å². The fourth-order valence-corrected chi connectivity index (χ4v) is 3.88. The molecule has 28 heavy (non-hydrogen) atoms. The van der Waals surface area contributed by atoms with E-state index >= 15 is 0 Å². The van der Waals surface area contributed by atoms with Gasteiger partial charge in [-0.05, 0) is 54.9 Å². The molecule has 3 rings (SSSR count). The van der Waals surface area contributed by atoms with Crippen LogP contribution >= 0.6 is 39.9 Å². The maximum atomic E-state index is 13.0. The summed E-state index contributed by atoms with van der Waals surface area (Å²) in [6, 6.07) is 11.2. The lowest BCUT2D eigenvalue weighted by Crippen LogP contribution is -2.41. The molecule has 0 spiro atoms. The Kier molecular flexibility index (Phi) is 6.51. The molecule has 0 aliphatic carbocycles. The van der Waals surface area contributed by atoms with Crippen molar-refractivity contribution in [3.8, 4) is 0 Å². The second-order valence-corrected chi connectivity index (χ2v) is 7.99. The second-order valence-electron chi connectivity index (χ2n) is 5.84. The second kappa shape index (κ2) is 8.71. The highest BCUT2D eigenvalue weighted by Gasteiger charge is 2.31. The standard InChI is InChI=1S/C18H16BrF3N4S2/c1-28-15-9-11(18(20,21)22)5-6-14(15)25-16-23-7-8-26(16)17(27)24-13-4-2-3-12(19)10-13/h2-6,9-10H,7-8H2,1H3,(H,23,25)(H,24,27). The zero-order chi connectivity index (χ0) is 20.3. The molecule has 1 aliphatic heterocycles. The number of thiocarbonyl (C=S) groups is 1. The van der Waals surface area contributed by atoms with Crippen LogP contribution in [0.4, 0.5) is 24.5 Å². The molecule has 4 nitrogen and oxygen atoms in total. The van der Waals surface area contributed by atoms with Crippen LogP contribution in [0.15, 0.2) is 56.8 Å². The van der Waals surface area contributed by atoms with E-state index in [4.69, 9.17) is 12.2 Å². The van der Waals surface area contributed by atoms with Crippen molar-refractivity contribution >= 4 is 62.4 Å². The van der Waals surface area contributed by atoms with Crippen molar-refractivity contribution in [1.29, 1.82) is 0 Å². The maximum absolute atomic E-state index is 13.0. The van der Waals surface area contributed by atoms with Gasteiger partial charge in [-0.25, -0.2) is 0 Å². The average molecular weight is 489 g/mol. The van der Waals surface area contributed by atoms with Crippen molar-refractivity contribution in [3.05, 3.63) is 52.5 Å². The van der Waals surface area contributed by atoms with Crippen LogP contribution in [0, 0.1) is 0 Å². The number of alkyl halides is 3. The number of anilines is 2. The fourth-order valence-electron chi connectivity index (χ4n) is 2.60. The minimum absolute atomic E-state index is 0.458. The van der Waals surface area contributed by atoms with E-state index < -0.39 is 11.7 Å². The summed E-state index contributed by atoms with van der Waals surface area (Å²) in [4.78, 5) is 6.67. The Balaban J connectivity index is 1.75. The summed E-state index contributed by atoms with van der Waals surface area (Å²) in [5.41, 5.74) is 0.695. The number of aliphatic imine (C=N–C) groups is 1. The number of rotatable bonds is 3. The molecular weight excluding hydrogens is 473 g/mol. The molecule has 0 aromatic heterocycles. The molecular formula is C18H16BrF3N4S2. The third-order valence-corrected chi connectivity index (χ3v) is 5.53. The molecule has 0 saturated carbocycles. The largest absolute Gasteiger partial charge is 0.416 e. The average Bonchev–Trinajstić information content (AvgIpc) is 3.09.